The van der Waals surface area contributed by atoms with Crippen molar-refractivity contribution in [1.29, 1.82) is 0 Å². The van der Waals surface area contributed by atoms with Crippen molar-refractivity contribution in [2.24, 2.45) is 10.9 Å². The predicted octanol–water partition coefficient (Wildman–Crippen LogP) is 3.38. The van der Waals surface area contributed by atoms with E-state index in [1.54, 1.807) is 0 Å². The lowest BCUT2D eigenvalue weighted by Crippen LogP contribution is -2.25. The smallest absolute Gasteiger partial charge is 0.161 e. The number of fused-ring (bicyclic) bond motifs is 1. The first-order valence-corrected chi connectivity index (χ1v) is 7.63. The SMILES string of the molecule is Cc1ccc(NC2=NC3CCCC3CS2)c(C)n1. The van der Waals surface area contributed by atoms with Gasteiger partial charge in [-0.25, -0.2) is 0 Å². The molecule has 1 fully saturated rings. The zero-order valence-corrected chi connectivity index (χ0v) is 11.8. The van der Waals surface area contributed by atoms with E-state index in [2.05, 4.69) is 16.4 Å². The summed E-state index contributed by atoms with van der Waals surface area (Å²) in [5, 5.41) is 4.52. The zero-order valence-electron chi connectivity index (χ0n) is 10.9. The van der Waals surface area contributed by atoms with Crippen LogP contribution in [0.2, 0.25) is 0 Å². The first kappa shape index (κ1) is 12.0. The van der Waals surface area contributed by atoms with Crippen LogP contribution in [-0.2, 0) is 0 Å². The van der Waals surface area contributed by atoms with Crippen LogP contribution < -0.4 is 5.32 Å². The molecule has 0 aromatic carbocycles. The Morgan fingerprint density at radius 2 is 2.17 bits per heavy atom. The Balaban J connectivity index is 1.76. The third kappa shape index (κ3) is 2.39. The van der Waals surface area contributed by atoms with Crippen molar-refractivity contribution < 1.29 is 0 Å². The number of thioether (sulfide) groups is 1. The van der Waals surface area contributed by atoms with Crippen molar-refractivity contribution >= 4 is 22.6 Å². The molecule has 4 heteroatoms. The topological polar surface area (TPSA) is 37.3 Å². The Labute approximate surface area is 112 Å². The fourth-order valence-corrected chi connectivity index (χ4v) is 3.91. The van der Waals surface area contributed by atoms with Gasteiger partial charge in [0.2, 0.25) is 0 Å². The molecule has 3 rings (SSSR count). The van der Waals surface area contributed by atoms with Crippen LogP contribution in [-0.4, -0.2) is 21.9 Å². The van der Waals surface area contributed by atoms with Crippen LogP contribution in [0.4, 0.5) is 5.69 Å². The van der Waals surface area contributed by atoms with Crippen molar-refractivity contribution in [1.82, 2.24) is 4.98 Å². The summed E-state index contributed by atoms with van der Waals surface area (Å²) in [6, 6.07) is 4.70. The summed E-state index contributed by atoms with van der Waals surface area (Å²) in [7, 11) is 0. The molecule has 18 heavy (non-hydrogen) atoms. The number of hydrogen-bond acceptors (Lipinski definition) is 4. The Hall–Kier alpha value is -1.03. The lowest BCUT2D eigenvalue weighted by Gasteiger charge is -2.23. The van der Waals surface area contributed by atoms with Crippen molar-refractivity contribution in [2.75, 3.05) is 11.1 Å². The Bertz CT molecular complexity index is 484. The van der Waals surface area contributed by atoms with E-state index >= 15 is 0 Å². The van der Waals surface area contributed by atoms with Gasteiger partial charge in [0.15, 0.2) is 5.17 Å². The quantitative estimate of drug-likeness (QED) is 0.842. The molecule has 2 aliphatic rings. The monoisotopic (exact) mass is 261 g/mol. The molecular formula is C14H19N3S. The average Bonchev–Trinajstić information content (AvgIpc) is 2.80. The summed E-state index contributed by atoms with van der Waals surface area (Å²) in [5.41, 5.74) is 3.20. The minimum atomic E-state index is 0.562. The molecule has 0 bridgehead atoms. The maximum atomic E-state index is 4.84. The zero-order chi connectivity index (χ0) is 12.5. The van der Waals surface area contributed by atoms with Gasteiger partial charge in [-0.1, -0.05) is 18.2 Å². The first-order chi connectivity index (χ1) is 8.72. The van der Waals surface area contributed by atoms with Gasteiger partial charge < -0.3 is 5.32 Å². The maximum absolute atomic E-state index is 4.84. The number of hydrogen-bond donors (Lipinski definition) is 1. The number of rotatable bonds is 1. The fourth-order valence-electron chi connectivity index (χ4n) is 2.76. The molecular weight excluding hydrogens is 242 g/mol. The van der Waals surface area contributed by atoms with Crippen LogP contribution >= 0.6 is 11.8 Å². The van der Waals surface area contributed by atoms with Crippen molar-refractivity contribution in [3.63, 3.8) is 0 Å². The fraction of sp³-hybridized carbons (Fsp3) is 0.571. The summed E-state index contributed by atoms with van der Waals surface area (Å²) in [6.45, 7) is 4.06. The Kier molecular flexibility index (Phi) is 3.29. The second-order valence-electron chi connectivity index (χ2n) is 5.21. The normalized spacial score (nSPS) is 26.7. The molecule has 1 aromatic heterocycles. The highest BCUT2D eigenvalue weighted by molar-refractivity contribution is 8.14. The number of aromatic nitrogens is 1. The number of pyridine rings is 1. The van der Waals surface area contributed by atoms with E-state index < -0.39 is 0 Å². The van der Waals surface area contributed by atoms with Gasteiger partial charge in [-0.3, -0.25) is 9.98 Å². The van der Waals surface area contributed by atoms with E-state index in [9.17, 15) is 0 Å². The number of nitrogens with one attached hydrogen (secondary N) is 1. The van der Waals surface area contributed by atoms with E-state index in [0.29, 0.717) is 6.04 Å². The molecule has 2 atom stereocenters. The molecule has 1 aromatic rings. The second-order valence-corrected chi connectivity index (χ2v) is 6.22. The van der Waals surface area contributed by atoms with E-state index in [1.165, 1.54) is 25.0 Å². The van der Waals surface area contributed by atoms with E-state index in [-0.39, 0.29) is 0 Å². The van der Waals surface area contributed by atoms with Crippen LogP contribution in [0, 0.1) is 19.8 Å². The Morgan fingerprint density at radius 1 is 1.28 bits per heavy atom. The summed E-state index contributed by atoms with van der Waals surface area (Å²) in [6.07, 6.45) is 3.97. The molecule has 0 amide bonds. The van der Waals surface area contributed by atoms with Crippen LogP contribution in [0.5, 0.6) is 0 Å². The first-order valence-electron chi connectivity index (χ1n) is 6.64. The molecule has 1 saturated carbocycles. The van der Waals surface area contributed by atoms with Gasteiger partial charge in [0.25, 0.3) is 0 Å². The van der Waals surface area contributed by atoms with E-state index in [4.69, 9.17) is 4.99 Å². The summed E-state index contributed by atoms with van der Waals surface area (Å²) < 4.78 is 0. The number of amidine groups is 1. The van der Waals surface area contributed by atoms with Crippen molar-refractivity contribution in [3.8, 4) is 0 Å². The van der Waals surface area contributed by atoms with Gasteiger partial charge >= 0.3 is 0 Å². The van der Waals surface area contributed by atoms with Crippen molar-refractivity contribution in [2.45, 2.75) is 39.2 Å². The van der Waals surface area contributed by atoms with Gasteiger partial charge in [0.05, 0.1) is 17.4 Å². The third-order valence-corrected chi connectivity index (χ3v) is 4.88. The average molecular weight is 261 g/mol. The molecule has 1 aliphatic carbocycles. The third-order valence-electron chi connectivity index (χ3n) is 3.80. The molecule has 0 saturated heterocycles. The highest BCUT2D eigenvalue weighted by atomic mass is 32.2. The van der Waals surface area contributed by atoms with Crippen molar-refractivity contribution in [3.05, 3.63) is 23.5 Å². The molecule has 96 valence electrons. The number of aryl methyl sites for hydroxylation is 2. The maximum Gasteiger partial charge on any atom is 0.161 e. The van der Waals surface area contributed by atoms with Gasteiger partial charge in [0, 0.05) is 11.4 Å². The minimum Gasteiger partial charge on any atom is -0.333 e. The highest BCUT2D eigenvalue weighted by Crippen LogP contribution is 2.35. The predicted molar refractivity (Wildman–Crippen MR) is 78.4 cm³/mol. The minimum absolute atomic E-state index is 0.562. The second kappa shape index (κ2) is 4.92. The largest absolute Gasteiger partial charge is 0.333 e. The summed E-state index contributed by atoms with van der Waals surface area (Å²) in [5.74, 6) is 2.03. The summed E-state index contributed by atoms with van der Waals surface area (Å²) >= 11 is 1.86. The van der Waals surface area contributed by atoms with Gasteiger partial charge in [-0.15, -0.1) is 0 Å². The van der Waals surface area contributed by atoms with Crippen LogP contribution in [0.1, 0.15) is 30.7 Å². The standard InChI is InChI=1S/C14H19N3S/c1-9-6-7-12(10(2)15-9)16-14-17-13-5-3-4-11(13)8-18-14/h6-7,11,13H,3-5,8H2,1-2H3,(H,16,17). The molecule has 1 aliphatic heterocycles. The van der Waals surface area contributed by atoms with E-state index in [0.717, 1.165) is 28.2 Å². The molecule has 0 radical (unpaired) electrons. The molecule has 2 unspecified atom stereocenters. The van der Waals surface area contributed by atoms with Gasteiger partial charge in [0.1, 0.15) is 0 Å². The van der Waals surface area contributed by atoms with Crippen LogP contribution in [0.15, 0.2) is 17.1 Å². The van der Waals surface area contributed by atoms with E-state index in [1.807, 2.05) is 31.7 Å². The summed E-state index contributed by atoms with van der Waals surface area (Å²) in [4.78, 5) is 9.32. The van der Waals surface area contributed by atoms with Gasteiger partial charge in [-0.2, -0.15) is 0 Å². The highest BCUT2D eigenvalue weighted by Gasteiger charge is 2.31. The van der Waals surface area contributed by atoms with Gasteiger partial charge in [-0.05, 0) is 44.7 Å². The Morgan fingerprint density at radius 3 is 3.00 bits per heavy atom. The lowest BCUT2D eigenvalue weighted by molar-refractivity contribution is 0.535. The molecule has 1 N–H and O–H groups in total. The number of nitrogens with zero attached hydrogens (tertiary/aromatic N) is 2. The number of aliphatic imine (C=N–C) groups is 1. The van der Waals surface area contributed by atoms with Crippen LogP contribution in [0.25, 0.3) is 0 Å². The lowest BCUT2D eigenvalue weighted by atomic mass is 10.1. The van der Waals surface area contributed by atoms with Crippen LogP contribution in [0.3, 0.4) is 0 Å². The molecule has 0 spiro atoms. The molecule has 3 nitrogen and oxygen atoms in total. The molecule has 2 heterocycles. The number of anilines is 1.